The van der Waals surface area contributed by atoms with Crippen LogP contribution in [0.3, 0.4) is 0 Å². The normalized spacial score (nSPS) is 17.7. The van der Waals surface area contributed by atoms with Crippen LogP contribution in [0.15, 0.2) is 12.1 Å². The summed E-state index contributed by atoms with van der Waals surface area (Å²) in [4.78, 5) is 19.3. The van der Waals surface area contributed by atoms with Gasteiger partial charge in [-0.1, -0.05) is 6.92 Å². The average molecular weight is 324 g/mol. The fourth-order valence-electron chi connectivity index (χ4n) is 3.03. The van der Waals surface area contributed by atoms with Crippen molar-refractivity contribution in [3.63, 3.8) is 0 Å². The van der Waals surface area contributed by atoms with Crippen LogP contribution in [-0.2, 0) is 11.2 Å². The van der Waals surface area contributed by atoms with Crippen molar-refractivity contribution >= 4 is 17.2 Å². The Morgan fingerprint density at radius 1 is 1.32 bits per heavy atom. The molecule has 2 heterocycles. The van der Waals surface area contributed by atoms with Crippen molar-refractivity contribution in [3.8, 4) is 0 Å². The minimum atomic E-state index is 0.213. The predicted octanol–water partition coefficient (Wildman–Crippen LogP) is 2.29. The summed E-state index contributed by atoms with van der Waals surface area (Å²) in [6.45, 7) is 7.80. The van der Waals surface area contributed by atoms with Gasteiger partial charge in [-0.25, -0.2) is 0 Å². The SMILES string of the molecule is CCC(CO)N1CCN(C(=O)CCCc2ccc(C)s2)CC1. The first-order valence-corrected chi connectivity index (χ1v) is 9.13. The highest BCUT2D eigenvalue weighted by Gasteiger charge is 2.24. The molecule has 1 aromatic rings. The smallest absolute Gasteiger partial charge is 0.222 e. The fraction of sp³-hybridized carbons (Fsp3) is 0.706. The van der Waals surface area contributed by atoms with Gasteiger partial charge in [-0.05, 0) is 38.3 Å². The monoisotopic (exact) mass is 324 g/mol. The van der Waals surface area contributed by atoms with E-state index in [0.717, 1.165) is 45.4 Å². The van der Waals surface area contributed by atoms with Gasteiger partial charge in [0.25, 0.3) is 0 Å². The lowest BCUT2D eigenvalue weighted by Gasteiger charge is -2.38. The van der Waals surface area contributed by atoms with Gasteiger partial charge in [-0.15, -0.1) is 11.3 Å². The molecular formula is C17H28N2O2S. The summed E-state index contributed by atoms with van der Waals surface area (Å²) >= 11 is 1.83. The van der Waals surface area contributed by atoms with Gasteiger partial charge >= 0.3 is 0 Å². The molecule has 0 aliphatic carbocycles. The number of carbonyl (C=O) groups is 1. The Morgan fingerprint density at radius 3 is 2.59 bits per heavy atom. The molecule has 1 unspecified atom stereocenters. The summed E-state index contributed by atoms with van der Waals surface area (Å²) in [5.74, 6) is 0.282. The fourth-order valence-corrected chi connectivity index (χ4v) is 3.96. The van der Waals surface area contributed by atoms with E-state index < -0.39 is 0 Å². The van der Waals surface area contributed by atoms with Gasteiger partial charge in [0.05, 0.1) is 6.61 Å². The van der Waals surface area contributed by atoms with E-state index in [4.69, 9.17) is 0 Å². The van der Waals surface area contributed by atoms with Crippen molar-refractivity contribution in [3.05, 3.63) is 21.9 Å². The van der Waals surface area contributed by atoms with Crippen molar-refractivity contribution in [2.75, 3.05) is 32.8 Å². The lowest BCUT2D eigenvalue weighted by molar-refractivity contribution is -0.133. The molecule has 1 atom stereocenters. The Kier molecular flexibility index (Phi) is 6.86. The Morgan fingerprint density at radius 2 is 2.05 bits per heavy atom. The second-order valence-electron chi connectivity index (χ2n) is 6.03. The van der Waals surface area contributed by atoms with Gasteiger partial charge in [-0.3, -0.25) is 9.69 Å². The minimum absolute atomic E-state index is 0.213. The van der Waals surface area contributed by atoms with E-state index in [1.54, 1.807) is 0 Å². The summed E-state index contributed by atoms with van der Waals surface area (Å²) in [5, 5.41) is 9.36. The van der Waals surface area contributed by atoms with E-state index in [1.807, 2.05) is 16.2 Å². The van der Waals surface area contributed by atoms with E-state index in [1.165, 1.54) is 9.75 Å². The highest BCUT2D eigenvalue weighted by molar-refractivity contribution is 7.11. The van der Waals surface area contributed by atoms with Crippen molar-refractivity contribution in [2.24, 2.45) is 0 Å². The third-order valence-corrected chi connectivity index (χ3v) is 5.54. The van der Waals surface area contributed by atoms with E-state index in [-0.39, 0.29) is 18.6 Å². The number of hydrogen-bond acceptors (Lipinski definition) is 4. The molecule has 22 heavy (non-hydrogen) atoms. The standard InChI is InChI=1S/C17H28N2O2S/c1-3-15(13-20)18-9-11-19(12-10-18)17(21)6-4-5-16-8-7-14(2)22-16/h7-8,15,20H,3-6,9-13H2,1-2H3. The van der Waals surface area contributed by atoms with Crippen LogP contribution in [0.25, 0.3) is 0 Å². The number of carbonyl (C=O) groups excluding carboxylic acids is 1. The third kappa shape index (κ3) is 4.80. The molecule has 1 fully saturated rings. The van der Waals surface area contributed by atoms with Gasteiger partial charge in [0.2, 0.25) is 5.91 Å². The Hall–Kier alpha value is -0.910. The molecule has 1 N–H and O–H groups in total. The Balaban J connectivity index is 1.68. The molecular weight excluding hydrogens is 296 g/mol. The largest absolute Gasteiger partial charge is 0.395 e. The van der Waals surface area contributed by atoms with Crippen LogP contribution in [0.5, 0.6) is 0 Å². The number of thiophene rings is 1. The summed E-state index contributed by atoms with van der Waals surface area (Å²) in [6, 6.07) is 4.56. The van der Waals surface area contributed by atoms with Crippen LogP contribution in [0.1, 0.15) is 35.9 Å². The van der Waals surface area contributed by atoms with Crippen molar-refractivity contribution < 1.29 is 9.90 Å². The second kappa shape index (κ2) is 8.65. The number of amides is 1. The van der Waals surface area contributed by atoms with Gasteiger partial charge in [-0.2, -0.15) is 0 Å². The molecule has 2 rings (SSSR count). The first-order chi connectivity index (χ1) is 10.6. The van der Waals surface area contributed by atoms with Crippen molar-refractivity contribution in [2.45, 2.75) is 45.6 Å². The van der Waals surface area contributed by atoms with Gasteiger partial charge in [0.15, 0.2) is 0 Å². The molecule has 1 aliphatic rings. The maximum absolute atomic E-state index is 12.3. The summed E-state index contributed by atoms with van der Waals surface area (Å²) in [6.07, 6.45) is 3.55. The van der Waals surface area contributed by atoms with E-state index in [0.29, 0.717) is 6.42 Å². The zero-order valence-electron chi connectivity index (χ0n) is 13.8. The molecule has 0 spiro atoms. The number of piperazine rings is 1. The minimum Gasteiger partial charge on any atom is -0.395 e. The maximum atomic E-state index is 12.3. The predicted molar refractivity (Wildman–Crippen MR) is 91.3 cm³/mol. The first kappa shape index (κ1) is 17.4. The first-order valence-electron chi connectivity index (χ1n) is 8.32. The third-order valence-electron chi connectivity index (χ3n) is 4.48. The van der Waals surface area contributed by atoms with Gasteiger partial charge in [0.1, 0.15) is 0 Å². The van der Waals surface area contributed by atoms with Gasteiger partial charge in [0, 0.05) is 48.4 Å². The number of rotatable bonds is 7. The topological polar surface area (TPSA) is 43.8 Å². The summed E-state index contributed by atoms with van der Waals surface area (Å²) in [5.41, 5.74) is 0. The van der Waals surface area contributed by atoms with Crippen LogP contribution < -0.4 is 0 Å². The molecule has 0 bridgehead atoms. The Bertz CT molecular complexity index is 463. The zero-order valence-corrected chi connectivity index (χ0v) is 14.6. The quantitative estimate of drug-likeness (QED) is 0.837. The van der Waals surface area contributed by atoms with Crippen LogP contribution in [0.4, 0.5) is 0 Å². The molecule has 0 saturated carbocycles. The molecule has 1 aromatic heterocycles. The van der Waals surface area contributed by atoms with Gasteiger partial charge < -0.3 is 10.0 Å². The lowest BCUT2D eigenvalue weighted by Crippen LogP contribution is -2.52. The van der Waals surface area contributed by atoms with Crippen molar-refractivity contribution in [1.29, 1.82) is 0 Å². The van der Waals surface area contributed by atoms with Crippen LogP contribution in [0.2, 0.25) is 0 Å². The molecule has 5 heteroatoms. The average Bonchev–Trinajstić information content (AvgIpc) is 2.94. The van der Waals surface area contributed by atoms with Crippen LogP contribution >= 0.6 is 11.3 Å². The summed E-state index contributed by atoms with van der Waals surface area (Å²) < 4.78 is 0. The molecule has 0 radical (unpaired) electrons. The maximum Gasteiger partial charge on any atom is 0.222 e. The van der Waals surface area contributed by atoms with E-state index >= 15 is 0 Å². The molecule has 1 amide bonds. The Labute approximate surface area is 137 Å². The number of hydrogen-bond donors (Lipinski definition) is 1. The van der Waals surface area contributed by atoms with E-state index in [2.05, 4.69) is 30.9 Å². The number of nitrogens with zero attached hydrogens (tertiary/aromatic N) is 2. The van der Waals surface area contributed by atoms with Crippen molar-refractivity contribution in [1.82, 2.24) is 9.80 Å². The molecule has 4 nitrogen and oxygen atoms in total. The van der Waals surface area contributed by atoms with E-state index in [9.17, 15) is 9.90 Å². The molecule has 124 valence electrons. The highest BCUT2D eigenvalue weighted by atomic mass is 32.1. The molecule has 1 saturated heterocycles. The number of aliphatic hydroxyl groups excluding tert-OH is 1. The van der Waals surface area contributed by atoms with Crippen LogP contribution in [-0.4, -0.2) is 59.6 Å². The number of aliphatic hydroxyl groups is 1. The molecule has 0 aromatic carbocycles. The number of aryl methyl sites for hydroxylation is 2. The zero-order chi connectivity index (χ0) is 15.9. The molecule has 1 aliphatic heterocycles. The second-order valence-corrected chi connectivity index (χ2v) is 7.40. The lowest BCUT2D eigenvalue weighted by atomic mass is 10.1. The summed E-state index contributed by atoms with van der Waals surface area (Å²) in [7, 11) is 0. The van der Waals surface area contributed by atoms with Crippen LogP contribution in [0, 0.1) is 6.92 Å². The highest BCUT2D eigenvalue weighted by Crippen LogP contribution is 2.18.